The molecule has 1 saturated heterocycles. The number of benzene rings is 1. The standard InChI is InChI=1S/C18H26N2O6S/c1-5-18(4,17(22)23)19-16(21)14-6-8-15(9-7-14)27(24,25)20-10-12(2)26-13(3)11-20/h6-9,12-13H,5,10-11H2,1-4H3,(H,19,21)(H,22,23). The van der Waals surface area contributed by atoms with Crippen LogP contribution in [0, 0.1) is 0 Å². The molecule has 3 unspecified atom stereocenters. The lowest BCUT2D eigenvalue weighted by atomic mass is 9.98. The van der Waals surface area contributed by atoms with Gasteiger partial charge in [0.25, 0.3) is 5.91 Å². The van der Waals surface area contributed by atoms with Crippen molar-refractivity contribution in [2.24, 2.45) is 0 Å². The fourth-order valence-corrected chi connectivity index (χ4v) is 4.46. The van der Waals surface area contributed by atoms with Crippen LogP contribution in [0.2, 0.25) is 0 Å². The average Bonchev–Trinajstić information content (AvgIpc) is 2.60. The Labute approximate surface area is 159 Å². The highest BCUT2D eigenvalue weighted by Gasteiger charge is 2.34. The molecule has 3 atom stereocenters. The van der Waals surface area contributed by atoms with E-state index >= 15 is 0 Å². The smallest absolute Gasteiger partial charge is 0.329 e. The van der Waals surface area contributed by atoms with Crippen molar-refractivity contribution in [3.05, 3.63) is 29.8 Å². The summed E-state index contributed by atoms with van der Waals surface area (Å²) in [6.45, 7) is 7.25. The molecule has 150 valence electrons. The highest BCUT2D eigenvalue weighted by atomic mass is 32.2. The predicted molar refractivity (Wildman–Crippen MR) is 99.0 cm³/mol. The van der Waals surface area contributed by atoms with Crippen molar-refractivity contribution in [1.29, 1.82) is 0 Å². The summed E-state index contributed by atoms with van der Waals surface area (Å²) in [6.07, 6.45) is -0.180. The SMILES string of the molecule is CCC(C)(NC(=O)c1ccc(S(=O)(=O)N2CC(C)OC(C)C2)cc1)C(=O)O. The van der Waals surface area contributed by atoms with Gasteiger partial charge in [-0.05, 0) is 51.5 Å². The monoisotopic (exact) mass is 398 g/mol. The number of amides is 1. The van der Waals surface area contributed by atoms with Crippen molar-refractivity contribution < 1.29 is 27.9 Å². The Morgan fingerprint density at radius 3 is 2.19 bits per heavy atom. The second kappa shape index (κ2) is 7.95. The third-order valence-electron chi connectivity index (χ3n) is 4.71. The number of hydrogen-bond acceptors (Lipinski definition) is 5. The number of hydrogen-bond donors (Lipinski definition) is 2. The highest BCUT2D eigenvalue weighted by molar-refractivity contribution is 7.89. The normalized spacial score (nSPS) is 23.4. The van der Waals surface area contributed by atoms with Gasteiger partial charge in [-0.1, -0.05) is 6.92 Å². The summed E-state index contributed by atoms with van der Waals surface area (Å²) in [6, 6.07) is 5.49. The summed E-state index contributed by atoms with van der Waals surface area (Å²) in [5.41, 5.74) is -1.19. The zero-order valence-electron chi connectivity index (χ0n) is 15.9. The van der Waals surface area contributed by atoms with E-state index in [9.17, 15) is 23.1 Å². The first-order valence-corrected chi connectivity index (χ1v) is 10.2. The van der Waals surface area contributed by atoms with Crippen molar-refractivity contribution in [2.75, 3.05) is 13.1 Å². The second-order valence-corrected chi connectivity index (χ2v) is 8.99. The van der Waals surface area contributed by atoms with Crippen LogP contribution in [0.4, 0.5) is 0 Å². The Balaban J connectivity index is 2.19. The van der Waals surface area contributed by atoms with Crippen LogP contribution in [0.5, 0.6) is 0 Å². The fourth-order valence-electron chi connectivity index (χ4n) is 2.87. The molecule has 1 aromatic rings. The van der Waals surface area contributed by atoms with E-state index in [0.29, 0.717) is 0 Å². The lowest BCUT2D eigenvalue weighted by molar-refractivity contribution is -0.143. The minimum atomic E-state index is -3.70. The maximum absolute atomic E-state index is 12.8. The Hall–Kier alpha value is -1.97. The number of aliphatic carboxylic acids is 1. The van der Waals surface area contributed by atoms with Gasteiger partial charge >= 0.3 is 5.97 Å². The lowest BCUT2D eigenvalue weighted by Gasteiger charge is -2.34. The summed E-state index contributed by atoms with van der Waals surface area (Å²) in [5, 5.41) is 11.7. The summed E-state index contributed by atoms with van der Waals surface area (Å²) >= 11 is 0. The van der Waals surface area contributed by atoms with Crippen LogP contribution >= 0.6 is 0 Å². The summed E-state index contributed by atoms with van der Waals surface area (Å²) in [7, 11) is -3.70. The third-order valence-corrected chi connectivity index (χ3v) is 6.55. The Morgan fingerprint density at radius 1 is 1.22 bits per heavy atom. The van der Waals surface area contributed by atoms with Gasteiger partial charge in [0, 0.05) is 18.7 Å². The fraction of sp³-hybridized carbons (Fsp3) is 0.556. The first kappa shape index (κ1) is 21.3. The topological polar surface area (TPSA) is 113 Å². The van der Waals surface area contributed by atoms with Gasteiger partial charge in [0.05, 0.1) is 17.1 Å². The van der Waals surface area contributed by atoms with E-state index in [2.05, 4.69) is 5.32 Å². The zero-order chi connectivity index (χ0) is 20.4. The Kier molecular flexibility index (Phi) is 6.28. The molecular formula is C18H26N2O6S. The Morgan fingerprint density at radius 2 is 1.74 bits per heavy atom. The molecule has 1 heterocycles. The third kappa shape index (κ3) is 4.66. The van der Waals surface area contributed by atoms with E-state index in [4.69, 9.17) is 4.74 Å². The van der Waals surface area contributed by atoms with Gasteiger partial charge in [-0.25, -0.2) is 13.2 Å². The molecule has 2 N–H and O–H groups in total. The molecule has 0 aliphatic carbocycles. The number of nitrogens with one attached hydrogen (secondary N) is 1. The molecule has 0 radical (unpaired) electrons. The molecule has 0 aromatic heterocycles. The largest absolute Gasteiger partial charge is 0.480 e. The molecular weight excluding hydrogens is 372 g/mol. The van der Waals surface area contributed by atoms with E-state index in [0.717, 1.165) is 0 Å². The van der Waals surface area contributed by atoms with Gasteiger partial charge in [-0.2, -0.15) is 4.31 Å². The first-order chi connectivity index (χ1) is 12.5. The molecule has 0 saturated carbocycles. The van der Waals surface area contributed by atoms with E-state index in [1.54, 1.807) is 6.92 Å². The van der Waals surface area contributed by atoms with Crippen molar-refractivity contribution in [1.82, 2.24) is 9.62 Å². The van der Waals surface area contributed by atoms with Crippen LogP contribution < -0.4 is 5.32 Å². The van der Waals surface area contributed by atoms with Gasteiger partial charge in [-0.3, -0.25) is 4.79 Å². The first-order valence-electron chi connectivity index (χ1n) is 8.81. The predicted octanol–water partition coefficient (Wildman–Crippen LogP) is 1.47. The van der Waals surface area contributed by atoms with Crippen LogP contribution in [0.1, 0.15) is 44.5 Å². The quantitative estimate of drug-likeness (QED) is 0.750. The van der Waals surface area contributed by atoms with Gasteiger partial charge in [-0.15, -0.1) is 0 Å². The molecule has 1 aliphatic rings. The lowest BCUT2D eigenvalue weighted by Crippen LogP contribution is -2.51. The van der Waals surface area contributed by atoms with Crippen LogP contribution in [0.15, 0.2) is 29.2 Å². The maximum atomic E-state index is 12.8. The molecule has 8 nitrogen and oxygen atoms in total. The molecule has 0 bridgehead atoms. The summed E-state index contributed by atoms with van der Waals surface area (Å²) in [4.78, 5) is 23.7. The number of carbonyl (C=O) groups is 2. The van der Waals surface area contributed by atoms with Gasteiger partial charge in [0.1, 0.15) is 5.54 Å². The number of nitrogens with zero attached hydrogens (tertiary/aromatic N) is 1. The van der Waals surface area contributed by atoms with E-state index in [-0.39, 0.29) is 42.2 Å². The molecule has 1 aromatic carbocycles. The zero-order valence-corrected chi connectivity index (χ0v) is 16.7. The van der Waals surface area contributed by atoms with E-state index < -0.39 is 27.4 Å². The number of sulfonamides is 1. The van der Waals surface area contributed by atoms with Gasteiger partial charge in [0.2, 0.25) is 10.0 Å². The van der Waals surface area contributed by atoms with Crippen molar-refractivity contribution in [2.45, 2.75) is 56.8 Å². The number of carboxylic acid groups (broad SMARTS) is 1. The van der Waals surface area contributed by atoms with Crippen LogP contribution in [0.25, 0.3) is 0 Å². The molecule has 1 aliphatic heterocycles. The molecule has 27 heavy (non-hydrogen) atoms. The highest BCUT2D eigenvalue weighted by Crippen LogP contribution is 2.22. The number of rotatable bonds is 6. The van der Waals surface area contributed by atoms with Crippen LogP contribution in [-0.4, -0.2) is 60.5 Å². The van der Waals surface area contributed by atoms with Crippen molar-refractivity contribution in [3.63, 3.8) is 0 Å². The van der Waals surface area contributed by atoms with Gasteiger partial charge in [0.15, 0.2) is 0 Å². The van der Waals surface area contributed by atoms with Gasteiger partial charge < -0.3 is 15.2 Å². The van der Waals surface area contributed by atoms with Crippen LogP contribution in [0.3, 0.4) is 0 Å². The number of carboxylic acids is 1. The van der Waals surface area contributed by atoms with Crippen LogP contribution in [-0.2, 0) is 19.6 Å². The minimum absolute atomic E-state index is 0.0804. The Bertz CT molecular complexity index is 798. The average molecular weight is 398 g/mol. The number of ether oxygens (including phenoxy) is 1. The molecule has 2 rings (SSSR count). The molecule has 9 heteroatoms. The number of carbonyl (C=O) groups excluding carboxylic acids is 1. The van der Waals surface area contributed by atoms with Crippen molar-refractivity contribution >= 4 is 21.9 Å². The summed E-state index contributed by atoms with van der Waals surface area (Å²) in [5.74, 6) is -1.70. The van der Waals surface area contributed by atoms with E-state index in [1.165, 1.54) is 35.5 Å². The maximum Gasteiger partial charge on any atom is 0.329 e. The van der Waals surface area contributed by atoms with Crippen molar-refractivity contribution in [3.8, 4) is 0 Å². The molecule has 1 fully saturated rings. The molecule has 0 spiro atoms. The number of morpholine rings is 1. The molecule has 1 amide bonds. The summed E-state index contributed by atoms with van der Waals surface area (Å²) < 4.78 is 32.6. The van der Waals surface area contributed by atoms with E-state index in [1.807, 2.05) is 13.8 Å². The second-order valence-electron chi connectivity index (χ2n) is 7.05. The minimum Gasteiger partial charge on any atom is -0.480 e.